The number of aromatic nitrogens is 1. The topological polar surface area (TPSA) is 42.4 Å². The number of rotatable bonds is 4. The maximum absolute atomic E-state index is 13.6. The van der Waals surface area contributed by atoms with Crippen molar-refractivity contribution < 1.29 is 9.53 Å². The summed E-state index contributed by atoms with van der Waals surface area (Å²) in [6.45, 7) is 3.21. The number of ether oxygens (including phenoxy) is 1. The van der Waals surface area contributed by atoms with Crippen LogP contribution in [-0.4, -0.2) is 24.0 Å². The molecule has 1 aromatic carbocycles. The van der Waals surface area contributed by atoms with E-state index in [0.29, 0.717) is 12.5 Å². The average Bonchev–Trinajstić information content (AvgIpc) is 3.08. The number of hydrogen-bond donors (Lipinski definition) is 0. The Kier molecular flexibility index (Phi) is 4.36. The van der Waals surface area contributed by atoms with Gasteiger partial charge in [-0.1, -0.05) is 35.7 Å². The van der Waals surface area contributed by atoms with Crippen molar-refractivity contribution in [1.82, 2.24) is 4.98 Å². The van der Waals surface area contributed by atoms with Gasteiger partial charge in [0.15, 0.2) is 0 Å². The quantitative estimate of drug-likeness (QED) is 0.607. The van der Waals surface area contributed by atoms with Crippen molar-refractivity contribution in [2.45, 2.75) is 31.6 Å². The molecule has 4 rings (SSSR count). The zero-order valence-electron chi connectivity index (χ0n) is 13.9. The predicted molar refractivity (Wildman–Crippen MR) is 104 cm³/mol. The van der Waals surface area contributed by atoms with E-state index in [1.807, 2.05) is 29.2 Å². The first kappa shape index (κ1) is 17.0. The van der Waals surface area contributed by atoms with Gasteiger partial charge in [-0.05, 0) is 46.6 Å². The number of fused-ring (bicyclic) bond motifs is 4. The lowest BCUT2D eigenvalue weighted by atomic mass is 9.78. The minimum Gasteiger partial charge on any atom is -0.476 e. The molecule has 1 spiro atoms. The van der Waals surface area contributed by atoms with Crippen molar-refractivity contribution in [3.8, 4) is 5.88 Å². The second kappa shape index (κ2) is 6.40. The van der Waals surface area contributed by atoms with Gasteiger partial charge in [0.1, 0.15) is 12.0 Å². The molecular formula is C19H18Br2N2O2. The maximum atomic E-state index is 13.6. The molecule has 2 aromatic rings. The van der Waals surface area contributed by atoms with Crippen LogP contribution in [0.25, 0.3) is 0 Å². The Morgan fingerprint density at radius 3 is 2.80 bits per heavy atom. The summed E-state index contributed by atoms with van der Waals surface area (Å²) in [6.07, 6.45) is 4.95. The van der Waals surface area contributed by atoms with Crippen LogP contribution < -0.4 is 9.64 Å². The first-order valence-electron chi connectivity index (χ1n) is 8.48. The van der Waals surface area contributed by atoms with Gasteiger partial charge in [0.25, 0.3) is 0 Å². The predicted octanol–water partition coefficient (Wildman–Crippen LogP) is 4.82. The maximum Gasteiger partial charge on any atom is 0.245 e. The van der Waals surface area contributed by atoms with Crippen LogP contribution in [0.15, 0.2) is 39.4 Å². The molecule has 0 radical (unpaired) electrons. The van der Waals surface area contributed by atoms with E-state index in [9.17, 15) is 4.79 Å². The van der Waals surface area contributed by atoms with Crippen molar-refractivity contribution in [3.05, 3.63) is 50.5 Å². The van der Waals surface area contributed by atoms with Crippen molar-refractivity contribution >= 4 is 43.5 Å². The molecule has 0 saturated heterocycles. The molecule has 0 bridgehead atoms. The fourth-order valence-corrected chi connectivity index (χ4v) is 4.48. The van der Waals surface area contributed by atoms with Crippen LogP contribution in [0, 0.1) is 0 Å². The average molecular weight is 466 g/mol. The highest BCUT2D eigenvalue weighted by Crippen LogP contribution is 2.52. The summed E-state index contributed by atoms with van der Waals surface area (Å²) in [5, 5.41) is 0. The SMILES string of the molecule is CCCCCN1C(=O)C2(COc3ncc(Br)cc32)c2cc(Br)ccc21. The largest absolute Gasteiger partial charge is 0.476 e. The van der Waals surface area contributed by atoms with Gasteiger partial charge in [-0.2, -0.15) is 0 Å². The first-order valence-corrected chi connectivity index (χ1v) is 10.1. The summed E-state index contributed by atoms with van der Waals surface area (Å²) in [5.41, 5.74) is 2.05. The zero-order chi connectivity index (χ0) is 17.6. The van der Waals surface area contributed by atoms with E-state index < -0.39 is 5.41 Å². The van der Waals surface area contributed by atoms with Crippen LogP contribution in [-0.2, 0) is 10.2 Å². The Hall–Kier alpha value is -1.40. The third kappa shape index (κ3) is 2.53. The highest BCUT2D eigenvalue weighted by atomic mass is 79.9. The normalized spacial score (nSPS) is 20.8. The molecule has 1 atom stereocenters. The summed E-state index contributed by atoms with van der Waals surface area (Å²) < 4.78 is 7.65. The number of carbonyl (C=O) groups excluding carboxylic acids is 1. The molecular weight excluding hydrogens is 448 g/mol. The summed E-state index contributed by atoms with van der Waals surface area (Å²) in [4.78, 5) is 19.8. The van der Waals surface area contributed by atoms with E-state index in [-0.39, 0.29) is 5.91 Å². The molecule has 0 saturated carbocycles. The lowest BCUT2D eigenvalue weighted by Crippen LogP contribution is -2.42. The number of nitrogens with zero attached hydrogens (tertiary/aromatic N) is 2. The molecule has 4 nitrogen and oxygen atoms in total. The molecule has 130 valence electrons. The van der Waals surface area contributed by atoms with Gasteiger partial charge >= 0.3 is 0 Å². The molecule has 2 aliphatic heterocycles. The van der Waals surface area contributed by atoms with Crippen LogP contribution in [0.1, 0.15) is 37.3 Å². The van der Waals surface area contributed by atoms with Gasteiger partial charge in [0.2, 0.25) is 11.8 Å². The van der Waals surface area contributed by atoms with E-state index in [1.54, 1.807) is 6.20 Å². The van der Waals surface area contributed by atoms with Gasteiger partial charge in [-0.15, -0.1) is 0 Å². The highest BCUT2D eigenvalue weighted by molar-refractivity contribution is 9.10. The third-order valence-corrected chi connectivity index (χ3v) is 5.93. The summed E-state index contributed by atoms with van der Waals surface area (Å²) in [6, 6.07) is 8.04. The molecule has 1 aromatic heterocycles. The fourth-order valence-electron chi connectivity index (χ4n) is 3.78. The van der Waals surface area contributed by atoms with Gasteiger partial charge in [-0.25, -0.2) is 4.98 Å². The summed E-state index contributed by atoms with van der Waals surface area (Å²) in [5.74, 6) is 0.647. The monoisotopic (exact) mass is 464 g/mol. The van der Waals surface area contributed by atoms with Crippen LogP contribution in [0.3, 0.4) is 0 Å². The smallest absolute Gasteiger partial charge is 0.245 e. The molecule has 6 heteroatoms. The van der Waals surface area contributed by atoms with Crippen molar-refractivity contribution in [1.29, 1.82) is 0 Å². The van der Waals surface area contributed by atoms with Crippen molar-refractivity contribution in [2.75, 3.05) is 18.1 Å². The molecule has 0 aliphatic carbocycles. The molecule has 1 unspecified atom stereocenters. The van der Waals surface area contributed by atoms with Crippen LogP contribution in [0.4, 0.5) is 5.69 Å². The summed E-state index contributed by atoms with van der Waals surface area (Å²) >= 11 is 7.04. The second-order valence-corrected chi connectivity index (χ2v) is 8.36. The Labute approximate surface area is 163 Å². The third-order valence-electron chi connectivity index (χ3n) is 5.01. The van der Waals surface area contributed by atoms with Gasteiger partial charge in [0.05, 0.1) is 0 Å². The molecule has 0 fully saturated rings. The second-order valence-electron chi connectivity index (χ2n) is 6.53. The number of halogens is 2. The van der Waals surface area contributed by atoms with E-state index in [1.165, 1.54) is 0 Å². The van der Waals surface area contributed by atoms with E-state index in [0.717, 1.165) is 51.6 Å². The minimum atomic E-state index is -0.794. The van der Waals surface area contributed by atoms with E-state index in [2.05, 4.69) is 43.8 Å². The lowest BCUT2D eigenvalue weighted by Gasteiger charge is -2.23. The Bertz CT molecular complexity index is 855. The number of hydrogen-bond acceptors (Lipinski definition) is 3. The van der Waals surface area contributed by atoms with Crippen LogP contribution in [0.2, 0.25) is 0 Å². The highest BCUT2D eigenvalue weighted by Gasteiger charge is 2.57. The number of amides is 1. The molecule has 3 heterocycles. The van der Waals surface area contributed by atoms with Crippen molar-refractivity contribution in [2.24, 2.45) is 0 Å². The number of benzene rings is 1. The van der Waals surface area contributed by atoms with Crippen LogP contribution in [0.5, 0.6) is 5.88 Å². The minimum absolute atomic E-state index is 0.0929. The number of carbonyl (C=O) groups is 1. The lowest BCUT2D eigenvalue weighted by molar-refractivity contribution is -0.122. The molecule has 0 N–H and O–H groups in total. The fraction of sp³-hybridized carbons (Fsp3) is 0.368. The Balaban J connectivity index is 1.87. The number of unbranched alkanes of at least 4 members (excludes halogenated alkanes) is 2. The molecule has 1 amide bonds. The zero-order valence-corrected chi connectivity index (χ0v) is 17.1. The Morgan fingerprint density at radius 2 is 2.00 bits per heavy atom. The first-order chi connectivity index (χ1) is 12.1. The van der Waals surface area contributed by atoms with Gasteiger partial charge in [-0.3, -0.25) is 4.79 Å². The van der Waals surface area contributed by atoms with Gasteiger partial charge in [0, 0.05) is 38.5 Å². The summed E-state index contributed by atoms with van der Waals surface area (Å²) in [7, 11) is 0. The standard InChI is InChI=1S/C19H18Br2N2O2/c1-2-3-4-7-23-16-6-5-12(20)8-14(16)19(18(23)24)11-25-17-15(19)9-13(21)10-22-17/h5-6,8-10H,2-4,7,11H2,1H3. The van der Waals surface area contributed by atoms with Gasteiger partial charge < -0.3 is 9.64 Å². The van der Waals surface area contributed by atoms with Crippen LogP contribution >= 0.6 is 31.9 Å². The number of anilines is 1. The number of pyridine rings is 1. The molecule has 25 heavy (non-hydrogen) atoms. The van der Waals surface area contributed by atoms with Crippen molar-refractivity contribution in [3.63, 3.8) is 0 Å². The Morgan fingerprint density at radius 1 is 1.20 bits per heavy atom. The molecule has 2 aliphatic rings. The van der Waals surface area contributed by atoms with E-state index >= 15 is 0 Å². The van der Waals surface area contributed by atoms with E-state index in [4.69, 9.17) is 4.74 Å².